The third-order valence-corrected chi connectivity index (χ3v) is 13.5. The number of hydrogen-bond acceptors (Lipinski definition) is 12. The van der Waals surface area contributed by atoms with Gasteiger partial charge in [-0.15, -0.1) is 0 Å². The maximum absolute atomic E-state index is 5.94. The van der Waals surface area contributed by atoms with Gasteiger partial charge < -0.3 is 110 Å². The van der Waals surface area contributed by atoms with Gasteiger partial charge in [0, 0.05) is 86.2 Å². The lowest BCUT2D eigenvalue weighted by molar-refractivity contribution is -0.597. The molecule has 20 N–H and O–H groups in total. The first-order chi connectivity index (χ1) is 51.2. The van der Waals surface area contributed by atoms with E-state index in [2.05, 4.69) is 89.5 Å². The number of hydrogen-bond donors (Lipinski definition) is 10. The summed E-state index contributed by atoms with van der Waals surface area (Å²) >= 11 is 23.4. The molecule has 0 atom stereocenters. The molecule has 0 spiro atoms. The predicted molar refractivity (Wildman–Crippen MR) is 430 cm³/mol. The van der Waals surface area contributed by atoms with Crippen LogP contribution in [0.25, 0.3) is 0 Å². The molecule has 4 rings (SSSR count). The molecule has 0 unspecified atom stereocenters. The van der Waals surface area contributed by atoms with Gasteiger partial charge >= 0.3 is 0 Å². The number of nitrogens with two attached hydrogens (primary N) is 10. The average Bonchev–Trinajstić information content (AvgIpc) is 0.916. The van der Waals surface area contributed by atoms with Crippen molar-refractivity contribution in [2.75, 3.05) is 192 Å². The zero-order valence-corrected chi connectivity index (χ0v) is 69.3. The molecule has 0 heterocycles. The van der Waals surface area contributed by atoms with E-state index in [1.807, 2.05) is 160 Å². The van der Waals surface area contributed by atoms with Crippen molar-refractivity contribution in [2.24, 2.45) is 0 Å². The first-order valence-corrected chi connectivity index (χ1v) is 38.5. The summed E-state index contributed by atoms with van der Waals surface area (Å²) in [6.45, 7) is 35.6. The van der Waals surface area contributed by atoms with E-state index in [9.17, 15) is 0 Å². The van der Waals surface area contributed by atoms with Crippen molar-refractivity contribution in [3.05, 3.63) is 210 Å². The van der Waals surface area contributed by atoms with E-state index in [1.54, 1.807) is 20.3 Å². The molecule has 0 aliphatic heterocycles. The van der Waals surface area contributed by atoms with Gasteiger partial charge in [-0.25, -0.2) is 0 Å². The Labute approximate surface area is 660 Å². The summed E-state index contributed by atoms with van der Waals surface area (Å²) < 4.78 is 62.2. The summed E-state index contributed by atoms with van der Waals surface area (Å²) in [5.41, 5.74) is 4.37. The van der Waals surface area contributed by atoms with Gasteiger partial charge in [-0.2, -0.15) is 70.5 Å². The smallest absolute Gasteiger partial charge is 0.0938 e. The van der Waals surface area contributed by atoms with Crippen LogP contribution < -0.4 is 53.2 Å². The molecule has 22 nitrogen and oxygen atoms in total. The topological polar surface area (TPSA) is 277 Å². The summed E-state index contributed by atoms with van der Waals surface area (Å²) in [6, 6.07) is 31.0. The largest absolute Gasteiger partial charge is 0.479 e. The van der Waals surface area contributed by atoms with Crippen LogP contribution in [0.15, 0.2) is 97.1 Å². The summed E-state index contributed by atoms with van der Waals surface area (Å²) in [5.74, 6) is 0. The maximum atomic E-state index is 5.94. The van der Waals surface area contributed by atoms with Gasteiger partial charge in [0.25, 0.3) is 0 Å². The highest BCUT2D eigenvalue weighted by molar-refractivity contribution is 6.34. The number of quaternary nitrogens is 10. The Bertz CT molecular complexity index is 2130. The number of benzene rings is 4. The molecule has 4 aromatic rings. The minimum absolute atomic E-state index is 0.370. The molecule has 0 radical (unpaired) electrons. The van der Waals surface area contributed by atoms with Crippen LogP contribution in [0.1, 0.15) is 95.4 Å². The van der Waals surface area contributed by atoms with Gasteiger partial charge in [0.15, 0.2) is 0 Å². The molecule has 0 aromatic heterocycles. The van der Waals surface area contributed by atoms with Crippen LogP contribution in [-0.4, -0.2) is 198 Å². The van der Waals surface area contributed by atoms with Crippen molar-refractivity contribution in [1.29, 1.82) is 0 Å². The van der Waals surface area contributed by atoms with Crippen molar-refractivity contribution >= 4 is 46.4 Å². The van der Waals surface area contributed by atoms with Crippen LogP contribution in [0.4, 0.5) is 0 Å². The van der Waals surface area contributed by atoms with Gasteiger partial charge in [0.2, 0.25) is 0 Å². The lowest BCUT2D eigenvalue weighted by atomic mass is 10.2. The zero-order valence-electron chi connectivity index (χ0n) is 66.2. The van der Waals surface area contributed by atoms with Crippen molar-refractivity contribution in [3.8, 4) is 0 Å². The molecule has 4 aromatic carbocycles. The van der Waals surface area contributed by atoms with Crippen molar-refractivity contribution in [3.63, 3.8) is 0 Å². The number of halogens is 4. The minimum atomic E-state index is 0.370. The van der Waals surface area contributed by atoms with Crippen molar-refractivity contribution in [1.82, 2.24) is 0 Å². The molecule has 0 aliphatic rings. The lowest BCUT2D eigenvalue weighted by Gasteiger charge is -2.05. The molecule has 0 saturated heterocycles. The van der Waals surface area contributed by atoms with Crippen LogP contribution in [0.5, 0.6) is 0 Å². The van der Waals surface area contributed by atoms with E-state index in [1.165, 1.54) is 5.56 Å². The number of methoxy groups -OCH3 is 2. The molecule has 0 fully saturated rings. The maximum Gasteiger partial charge on any atom is 0.0938 e. The highest BCUT2D eigenvalue weighted by Crippen LogP contribution is 2.20. The van der Waals surface area contributed by atoms with Crippen LogP contribution in [-0.2, 0) is 83.3 Å². The number of rotatable bonds is 54. The highest BCUT2D eigenvalue weighted by Gasteiger charge is 2.01. The molecule has 0 amide bonds. The monoisotopic (exact) mass is 1570 g/mol. The Kier molecular flexibility index (Phi) is 111. The summed E-state index contributed by atoms with van der Waals surface area (Å²) in [4.78, 5) is 0. The molecule has 105 heavy (non-hydrogen) atoms. The molecule has 0 bridgehead atoms. The van der Waals surface area contributed by atoms with Gasteiger partial charge in [0.1, 0.15) is 0 Å². The van der Waals surface area contributed by atoms with Crippen molar-refractivity contribution < 1.29 is 110 Å². The molecule has 0 aliphatic carbocycles. The fourth-order valence-electron chi connectivity index (χ4n) is 7.00. The standard InChI is InChI=1S/C11H17NO.C10H13Cl2NO.2C10H14ClNO.C7H17NO2.2C7H17NO.C6H15NO2.C6H15NO.C5H13NO/c1-12-8-5-9-13-10-11-6-3-2-4-7-11;1-13-2-3-14-7-8-4-9(11)6-10(12)5-8;1-12-5-6-13-8-9-3-2-4-10(11)7-9;1-12-6-7-13-8-9-4-2-3-5-10(9)11;1-3-9-6-7-10-5-4-8-2;1-7(2)9-6-4-5-8-3;1-3-6-9-7-4-5-8-2;1-7-3-4-9-6-5-8-2;1-3-8-6-4-5-7-2;1-6-4-3-5-7-2/h2-4,6-7H,1,5,8-10,12H2;4-6H,1-3,7,13H2;2-4,7H,1,5-6,8,12H2;2-5H,1,6-8,12H2;2-8H2,1H3;7H,3-6,8H2,1-2H3;2-8H2,1H3;1,3-7H2,2H3;2-7H2,1H3;1,3-6H2,2H3. The second kappa shape index (κ2) is 103. The molecule has 26 heteroatoms. The zero-order chi connectivity index (χ0) is 79.2. The van der Waals surface area contributed by atoms with E-state index in [4.69, 9.17) is 103 Å². The Morgan fingerprint density at radius 3 is 1.10 bits per heavy atom. The normalized spacial score (nSPS) is 10.2. The second-order valence-electron chi connectivity index (χ2n) is 22.4. The molecular formula is C79H152Cl4N10O12. The van der Waals surface area contributed by atoms with E-state index in [0.717, 1.165) is 210 Å². The van der Waals surface area contributed by atoms with Gasteiger partial charge in [-0.05, 0) is 92.8 Å². The lowest BCUT2D eigenvalue weighted by Crippen LogP contribution is -2.78. The van der Waals surface area contributed by atoms with Gasteiger partial charge in [-0.3, -0.25) is 0 Å². The third-order valence-electron chi connectivity index (χ3n) is 12.4. The van der Waals surface area contributed by atoms with E-state index in [-0.39, 0.29) is 0 Å². The van der Waals surface area contributed by atoms with Crippen LogP contribution in [0, 0.1) is 70.5 Å². The van der Waals surface area contributed by atoms with Gasteiger partial charge in [-0.1, -0.05) is 114 Å². The SMILES string of the molecule is [CH2-][NH2+]CCCOC.[CH2-][NH2+]CCCOC(C)C.[CH2-][NH2+]CCCOCC.[CH2-][NH2+]CCCOCCC.[CH2-][NH2+]CCCOCc1ccccc1.[CH2-][NH2+]CCOCCOC.[CH2-][NH2+]CCOCCOCC.[CH2-][NH2+]CCOCc1cc(Cl)cc(Cl)c1.[CH2-][NH2+]CCOCc1cccc(Cl)c1.[CH2-][NH2+]CCOCc1ccccc1Cl. The van der Waals surface area contributed by atoms with Crippen LogP contribution in [0.3, 0.4) is 0 Å². The summed E-state index contributed by atoms with van der Waals surface area (Å²) in [5, 5.41) is 21.6. The Morgan fingerprint density at radius 1 is 0.305 bits per heavy atom. The third kappa shape index (κ3) is 105. The molecule has 0 saturated carbocycles. The molecular weight excluding hydrogens is 1420 g/mol. The fourth-order valence-corrected chi connectivity index (χ4v) is 7.98. The summed E-state index contributed by atoms with van der Waals surface area (Å²) in [6.07, 6.45) is 6.97. The van der Waals surface area contributed by atoms with Gasteiger partial charge in [0.05, 0.1) is 190 Å². The highest BCUT2D eigenvalue weighted by atomic mass is 35.5. The minimum Gasteiger partial charge on any atom is -0.479 e. The quantitative estimate of drug-likeness (QED) is 0.0226. The van der Waals surface area contributed by atoms with Crippen LogP contribution >= 0.6 is 46.4 Å². The van der Waals surface area contributed by atoms with E-state index in [0.29, 0.717) is 75.6 Å². The Morgan fingerprint density at radius 2 is 0.657 bits per heavy atom. The first kappa shape index (κ1) is 113. The second-order valence-corrected chi connectivity index (χ2v) is 24.1. The van der Waals surface area contributed by atoms with E-state index >= 15 is 0 Å². The fraction of sp³-hybridized carbons (Fsp3) is 0.570. The van der Waals surface area contributed by atoms with Crippen LogP contribution in [0.2, 0.25) is 20.1 Å². The Hall–Kier alpha value is -2.84. The summed E-state index contributed by atoms with van der Waals surface area (Å²) in [7, 11) is 39.5. The molecule has 618 valence electrons. The average molecular weight is 1580 g/mol. The number of ether oxygens (including phenoxy) is 12. The first-order valence-electron chi connectivity index (χ1n) is 37.0. The van der Waals surface area contributed by atoms with Crippen molar-refractivity contribution in [2.45, 2.75) is 106 Å². The Balaban J connectivity index is -0.000000261. The predicted octanol–water partition coefficient (Wildman–Crippen LogP) is 3.10. The van der Waals surface area contributed by atoms with E-state index < -0.39 is 0 Å².